The third-order valence-electron chi connectivity index (χ3n) is 3.01. The van der Waals surface area contributed by atoms with E-state index in [2.05, 4.69) is 9.64 Å². The molecule has 1 rings (SSSR count). The van der Waals surface area contributed by atoms with E-state index in [4.69, 9.17) is 0 Å². The summed E-state index contributed by atoms with van der Waals surface area (Å²) >= 11 is 0. The second-order valence-electron chi connectivity index (χ2n) is 4.05. The summed E-state index contributed by atoms with van der Waals surface area (Å²) in [5.41, 5.74) is 0. The highest BCUT2D eigenvalue weighted by Crippen LogP contribution is 2.16. The lowest BCUT2D eigenvalue weighted by Crippen LogP contribution is -2.42. The molecule has 1 fully saturated rings. The molecule has 15 heavy (non-hydrogen) atoms. The summed E-state index contributed by atoms with van der Waals surface area (Å²) in [6, 6.07) is 0.302. The average Bonchev–Trinajstić information content (AvgIpc) is 2.29. The first-order valence-corrected chi connectivity index (χ1v) is 5.69. The number of rotatable bonds is 5. The van der Waals surface area contributed by atoms with Gasteiger partial charge in [-0.2, -0.15) is 0 Å². The Morgan fingerprint density at radius 1 is 1.53 bits per heavy atom. The fourth-order valence-electron chi connectivity index (χ4n) is 2.09. The van der Waals surface area contributed by atoms with E-state index in [0.717, 1.165) is 25.9 Å². The summed E-state index contributed by atoms with van der Waals surface area (Å²) < 4.78 is 4.59. The fraction of sp³-hybridized carbons (Fsp3) is 0.909. The van der Waals surface area contributed by atoms with E-state index in [1.54, 1.807) is 0 Å². The standard InChI is InChI=1S/C11H21NO3/c1-15-11(14)6-4-8-12-7-3-2-5-10(12)9-13/h10,13H,2-9H2,1H3/t10-/m1/s1. The zero-order chi connectivity index (χ0) is 11.1. The second-order valence-corrected chi connectivity index (χ2v) is 4.05. The van der Waals surface area contributed by atoms with Crippen molar-refractivity contribution in [1.82, 2.24) is 4.90 Å². The molecule has 1 aliphatic rings. The molecular formula is C11H21NO3. The smallest absolute Gasteiger partial charge is 0.305 e. The Morgan fingerprint density at radius 3 is 3.00 bits per heavy atom. The van der Waals surface area contributed by atoms with Crippen LogP contribution in [0, 0.1) is 0 Å². The van der Waals surface area contributed by atoms with Gasteiger partial charge in [-0.05, 0) is 32.4 Å². The number of esters is 1. The molecule has 1 atom stereocenters. The number of piperidine rings is 1. The zero-order valence-electron chi connectivity index (χ0n) is 9.45. The van der Waals surface area contributed by atoms with Gasteiger partial charge in [0.15, 0.2) is 0 Å². The minimum Gasteiger partial charge on any atom is -0.469 e. The van der Waals surface area contributed by atoms with Crippen molar-refractivity contribution in [3.63, 3.8) is 0 Å². The van der Waals surface area contributed by atoms with Gasteiger partial charge in [-0.1, -0.05) is 6.42 Å². The van der Waals surface area contributed by atoms with Crippen LogP contribution in [-0.2, 0) is 9.53 Å². The molecule has 0 aliphatic carbocycles. The van der Waals surface area contributed by atoms with Crippen molar-refractivity contribution >= 4 is 5.97 Å². The highest BCUT2D eigenvalue weighted by molar-refractivity contribution is 5.69. The Hall–Kier alpha value is -0.610. The number of carbonyl (C=O) groups is 1. The number of aliphatic hydroxyl groups is 1. The van der Waals surface area contributed by atoms with Gasteiger partial charge in [0, 0.05) is 12.5 Å². The van der Waals surface area contributed by atoms with Crippen molar-refractivity contribution in [3.05, 3.63) is 0 Å². The molecule has 0 amide bonds. The molecule has 4 heteroatoms. The Balaban J connectivity index is 2.20. The molecule has 0 radical (unpaired) electrons. The monoisotopic (exact) mass is 215 g/mol. The third kappa shape index (κ3) is 4.18. The number of likely N-dealkylation sites (tertiary alicyclic amines) is 1. The van der Waals surface area contributed by atoms with Crippen LogP contribution in [-0.4, -0.2) is 48.8 Å². The number of carbonyl (C=O) groups excluding carboxylic acids is 1. The van der Waals surface area contributed by atoms with Crippen molar-refractivity contribution in [3.8, 4) is 0 Å². The van der Waals surface area contributed by atoms with E-state index < -0.39 is 0 Å². The first kappa shape index (κ1) is 12.5. The molecule has 88 valence electrons. The number of methoxy groups -OCH3 is 1. The lowest BCUT2D eigenvalue weighted by Gasteiger charge is -2.34. The van der Waals surface area contributed by atoms with Crippen LogP contribution < -0.4 is 0 Å². The molecule has 0 aromatic rings. The maximum absolute atomic E-state index is 10.9. The molecule has 0 unspecified atom stereocenters. The highest BCUT2D eigenvalue weighted by atomic mass is 16.5. The van der Waals surface area contributed by atoms with E-state index in [1.165, 1.54) is 20.0 Å². The van der Waals surface area contributed by atoms with E-state index >= 15 is 0 Å². The molecule has 0 spiro atoms. The SMILES string of the molecule is COC(=O)CCCN1CCCC[C@@H]1CO. The van der Waals surface area contributed by atoms with Gasteiger partial charge >= 0.3 is 5.97 Å². The summed E-state index contributed by atoms with van der Waals surface area (Å²) in [5.74, 6) is -0.146. The van der Waals surface area contributed by atoms with Crippen molar-refractivity contribution in [2.75, 3.05) is 26.8 Å². The number of hydrogen-bond donors (Lipinski definition) is 1. The largest absolute Gasteiger partial charge is 0.469 e. The molecule has 1 saturated heterocycles. The Kier molecular flexibility index (Phi) is 5.65. The molecule has 0 saturated carbocycles. The maximum Gasteiger partial charge on any atom is 0.305 e. The lowest BCUT2D eigenvalue weighted by atomic mass is 10.0. The van der Waals surface area contributed by atoms with Crippen molar-refractivity contribution in [2.24, 2.45) is 0 Å². The minimum absolute atomic E-state index is 0.146. The summed E-state index contributed by atoms with van der Waals surface area (Å²) in [6.45, 7) is 2.17. The first-order valence-electron chi connectivity index (χ1n) is 5.69. The molecule has 1 aliphatic heterocycles. The van der Waals surface area contributed by atoms with Crippen LogP contribution in [0.4, 0.5) is 0 Å². The Labute approximate surface area is 91.2 Å². The molecule has 4 nitrogen and oxygen atoms in total. The molecule has 1 heterocycles. The summed E-state index contributed by atoms with van der Waals surface area (Å²) in [4.78, 5) is 13.2. The third-order valence-corrected chi connectivity index (χ3v) is 3.01. The van der Waals surface area contributed by atoms with E-state index in [9.17, 15) is 9.90 Å². The number of nitrogens with zero attached hydrogens (tertiary/aromatic N) is 1. The fourth-order valence-corrected chi connectivity index (χ4v) is 2.09. The predicted octanol–water partition coefficient (Wildman–Crippen LogP) is 0.786. The summed E-state index contributed by atoms with van der Waals surface area (Å²) in [5, 5.41) is 9.18. The molecule has 0 aromatic heterocycles. The summed E-state index contributed by atoms with van der Waals surface area (Å²) in [7, 11) is 1.42. The van der Waals surface area contributed by atoms with E-state index in [1.807, 2.05) is 0 Å². The molecule has 0 aromatic carbocycles. The van der Waals surface area contributed by atoms with Gasteiger partial charge < -0.3 is 9.84 Å². The normalized spacial score (nSPS) is 22.7. The van der Waals surface area contributed by atoms with Gasteiger partial charge in [-0.3, -0.25) is 9.69 Å². The zero-order valence-corrected chi connectivity index (χ0v) is 9.45. The van der Waals surface area contributed by atoms with Crippen molar-refractivity contribution in [1.29, 1.82) is 0 Å². The molecule has 0 bridgehead atoms. The van der Waals surface area contributed by atoms with Crippen LogP contribution in [0.5, 0.6) is 0 Å². The van der Waals surface area contributed by atoms with Gasteiger partial charge in [0.1, 0.15) is 0 Å². The number of aliphatic hydroxyl groups excluding tert-OH is 1. The first-order chi connectivity index (χ1) is 7.27. The number of ether oxygens (including phenoxy) is 1. The van der Waals surface area contributed by atoms with Crippen LogP contribution in [0.2, 0.25) is 0 Å². The quantitative estimate of drug-likeness (QED) is 0.689. The van der Waals surface area contributed by atoms with Crippen LogP contribution in [0.3, 0.4) is 0 Å². The van der Waals surface area contributed by atoms with Gasteiger partial charge in [0.2, 0.25) is 0 Å². The predicted molar refractivity (Wildman–Crippen MR) is 57.5 cm³/mol. The highest BCUT2D eigenvalue weighted by Gasteiger charge is 2.20. The van der Waals surface area contributed by atoms with Crippen LogP contribution in [0.1, 0.15) is 32.1 Å². The Bertz CT molecular complexity index is 196. The van der Waals surface area contributed by atoms with Crippen molar-refractivity contribution in [2.45, 2.75) is 38.1 Å². The maximum atomic E-state index is 10.9. The van der Waals surface area contributed by atoms with Crippen LogP contribution in [0.25, 0.3) is 0 Å². The van der Waals surface area contributed by atoms with Crippen LogP contribution >= 0.6 is 0 Å². The molecular weight excluding hydrogens is 194 g/mol. The van der Waals surface area contributed by atoms with Gasteiger partial charge in [-0.15, -0.1) is 0 Å². The van der Waals surface area contributed by atoms with Crippen molar-refractivity contribution < 1.29 is 14.6 Å². The van der Waals surface area contributed by atoms with Gasteiger partial charge in [-0.25, -0.2) is 0 Å². The van der Waals surface area contributed by atoms with Crippen LogP contribution in [0.15, 0.2) is 0 Å². The number of hydrogen-bond acceptors (Lipinski definition) is 4. The average molecular weight is 215 g/mol. The van der Waals surface area contributed by atoms with Gasteiger partial charge in [0.05, 0.1) is 13.7 Å². The molecule has 1 N–H and O–H groups in total. The van der Waals surface area contributed by atoms with E-state index in [0.29, 0.717) is 12.5 Å². The second kappa shape index (κ2) is 6.80. The van der Waals surface area contributed by atoms with E-state index in [-0.39, 0.29) is 12.6 Å². The lowest BCUT2D eigenvalue weighted by molar-refractivity contribution is -0.140. The topological polar surface area (TPSA) is 49.8 Å². The minimum atomic E-state index is -0.146. The Morgan fingerprint density at radius 2 is 2.33 bits per heavy atom. The van der Waals surface area contributed by atoms with Gasteiger partial charge in [0.25, 0.3) is 0 Å². The summed E-state index contributed by atoms with van der Waals surface area (Å²) in [6.07, 6.45) is 4.79.